The molecule has 0 aliphatic carbocycles. The quantitative estimate of drug-likeness (QED) is 0.492. The Morgan fingerprint density at radius 1 is 1.16 bits per heavy atom. The summed E-state index contributed by atoms with van der Waals surface area (Å²) >= 11 is 0. The molecule has 4 aromatic rings. The van der Waals surface area contributed by atoms with Gasteiger partial charge in [-0.3, -0.25) is 9.36 Å². The Morgan fingerprint density at radius 3 is 2.61 bits per heavy atom. The van der Waals surface area contributed by atoms with Gasteiger partial charge in [-0.2, -0.15) is 10.4 Å². The molecule has 9 heteroatoms. The number of hydrogen-bond donors (Lipinski definition) is 1. The highest BCUT2D eigenvalue weighted by Gasteiger charge is 2.14. The van der Waals surface area contributed by atoms with E-state index in [2.05, 4.69) is 16.2 Å². The van der Waals surface area contributed by atoms with Crippen LogP contribution in [0.2, 0.25) is 0 Å². The molecule has 0 unspecified atom stereocenters. The van der Waals surface area contributed by atoms with Gasteiger partial charge in [0, 0.05) is 0 Å². The summed E-state index contributed by atoms with van der Waals surface area (Å²) in [6.07, 6.45) is 2.12. The van der Waals surface area contributed by atoms with E-state index < -0.39 is 6.10 Å². The number of nitriles is 1. The zero-order valence-electron chi connectivity index (χ0n) is 16.3. The maximum atomic E-state index is 13.2. The Hall–Kier alpha value is -4.03. The van der Waals surface area contributed by atoms with E-state index in [0.717, 1.165) is 5.56 Å². The van der Waals surface area contributed by atoms with Crippen molar-refractivity contribution in [3.63, 3.8) is 0 Å². The number of ether oxygens (including phenoxy) is 1. The number of aliphatic hydroxyl groups is 1. The number of hydrogen-bond acceptors (Lipinski definition) is 6. The molecule has 0 amide bonds. The van der Waals surface area contributed by atoms with Crippen molar-refractivity contribution in [2.45, 2.75) is 19.1 Å². The number of aliphatic hydroxyl groups excluding tert-OH is 1. The van der Waals surface area contributed by atoms with E-state index in [1.165, 1.54) is 33.9 Å². The van der Waals surface area contributed by atoms with Crippen molar-refractivity contribution in [1.82, 2.24) is 19.3 Å². The number of nitrogens with zero attached hydrogens (tertiary/aromatic N) is 5. The van der Waals surface area contributed by atoms with Crippen LogP contribution in [0, 0.1) is 17.1 Å². The van der Waals surface area contributed by atoms with Crippen LogP contribution in [-0.2, 0) is 13.0 Å². The summed E-state index contributed by atoms with van der Waals surface area (Å²) in [6.45, 7) is -0.0209. The maximum Gasteiger partial charge on any atom is 0.264 e. The number of aromatic nitrogens is 4. The number of halogens is 1. The van der Waals surface area contributed by atoms with Crippen LogP contribution >= 0.6 is 0 Å². The summed E-state index contributed by atoms with van der Waals surface area (Å²) < 4.78 is 21.5. The molecule has 8 nitrogen and oxygen atoms in total. The average Bonchev–Trinajstić information content (AvgIpc) is 3.21. The smallest absolute Gasteiger partial charge is 0.264 e. The first-order valence-electron chi connectivity index (χ1n) is 9.51. The first-order chi connectivity index (χ1) is 15.0. The minimum Gasteiger partial charge on any atom is -0.491 e. The molecule has 0 saturated carbocycles. The Bertz CT molecular complexity index is 1290. The fourth-order valence-corrected chi connectivity index (χ4v) is 3.12. The van der Waals surface area contributed by atoms with Gasteiger partial charge in [0.25, 0.3) is 5.56 Å². The molecular formula is C22H18FN5O3. The number of fused-ring (bicyclic) bond motifs is 1. The number of rotatable bonds is 7. The van der Waals surface area contributed by atoms with E-state index in [4.69, 9.17) is 10.00 Å². The zero-order chi connectivity index (χ0) is 21.8. The number of benzene rings is 2. The predicted octanol–water partition coefficient (Wildman–Crippen LogP) is 2.23. The molecule has 0 spiro atoms. The molecule has 2 aromatic carbocycles. The van der Waals surface area contributed by atoms with Gasteiger partial charge >= 0.3 is 0 Å². The van der Waals surface area contributed by atoms with Crippen LogP contribution in [0.15, 0.2) is 65.8 Å². The topological polar surface area (TPSA) is 106 Å². The predicted molar refractivity (Wildman–Crippen MR) is 110 cm³/mol. The first kappa shape index (κ1) is 20.3. The summed E-state index contributed by atoms with van der Waals surface area (Å²) in [5.41, 5.74) is 1.45. The van der Waals surface area contributed by atoms with Crippen molar-refractivity contribution in [2.24, 2.45) is 0 Å². The van der Waals surface area contributed by atoms with E-state index in [1.54, 1.807) is 36.4 Å². The standard InChI is InChI=1S/C22H18FN5O3/c23-16-3-5-17(6-4-16)28-21-20(11-26-28)22(30)27(14-25-21)12-18(29)13-31-19-7-1-15(2-8-19)9-10-24/h1-8,11,14,18,29H,9,12-13H2/t18-/m0/s1. The van der Waals surface area contributed by atoms with Gasteiger partial charge in [0.05, 0.1) is 30.9 Å². The second-order valence-electron chi connectivity index (χ2n) is 6.92. The van der Waals surface area contributed by atoms with Crippen molar-refractivity contribution < 1.29 is 14.2 Å². The lowest BCUT2D eigenvalue weighted by Gasteiger charge is -2.14. The lowest BCUT2D eigenvalue weighted by molar-refractivity contribution is 0.0915. The van der Waals surface area contributed by atoms with Crippen LogP contribution in [0.3, 0.4) is 0 Å². The van der Waals surface area contributed by atoms with E-state index in [0.29, 0.717) is 23.5 Å². The minimum atomic E-state index is -0.942. The molecule has 156 valence electrons. The van der Waals surface area contributed by atoms with Crippen molar-refractivity contribution >= 4 is 11.0 Å². The summed E-state index contributed by atoms with van der Waals surface area (Å²) in [5.74, 6) is 0.187. The Morgan fingerprint density at radius 2 is 1.90 bits per heavy atom. The van der Waals surface area contributed by atoms with Gasteiger partial charge in [-0.25, -0.2) is 14.1 Å². The molecule has 2 aromatic heterocycles. The summed E-state index contributed by atoms with van der Waals surface area (Å²) in [7, 11) is 0. The van der Waals surface area contributed by atoms with Crippen LogP contribution in [-0.4, -0.2) is 37.1 Å². The molecule has 31 heavy (non-hydrogen) atoms. The average molecular weight is 419 g/mol. The molecule has 0 fully saturated rings. The first-order valence-corrected chi connectivity index (χ1v) is 9.51. The highest BCUT2D eigenvalue weighted by atomic mass is 19.1. The van der Waals surface area contributed by atoms with E-state index in [9.17, 15) is 14.3 Å². The van der Waals surface area contributed by atoms with Crippen molar-refractivity contribution in [3.8, 4) is 17.5 Å². The van der Waals surface area contributed by atoms with Gasteiger partial charge in [0.1, 0.15) is 36.0 Å². The third kappa shape index (κ3) is 4.44. The van der Waals surface area contributed by atoms with Gasteiger partial charge in [0.2, 0.25) is 0 Å². The molecule has 0 saturated heterocycles. The third-order valence-electron chi connectivity index (χ3n) is 4.68. The maximum absolute atomic E-state index is 13.2. The second-order valence-corrected chi connectivity index (χ2v) is 6.92. The monoisotopic (exact) mass is 419 g/mol. The van der Waals surface area contributed by atoms with Crippen LogP contribution in [0.5, 0.6) is 5.75 Å². The van der Waals surface area contributed by atoms with Gasteiger partial charge in [-0.15, -0.1) is 0 Å². The fourth-order valence-electron chi connectivity index (χ4n) is 3.12. The molecule has 2 heterocycles. The van der Waals surface area contributed by atoms with E-state index in [1.807, 2.05) is 0 Å². The van der Waals surface area contributed by atoms with Gasteiger partial charge < -0.3 is 9.84 Å². The van der Waals surface area contributed by atoms with Crippen molar-refractivity contribution in [1.29, 1.82) is 5.26 Å². The van der Waals surface area contributed by atoms with Crippen LogP contribution in [0.4, 0.5) is 4.39 Å². The van der Waals surface area contributed by atoms with Gasteiger partial charge in [-0.05, 0) is 42.0 Å². The van der Waals surface area contributed by atoms with E-state index >= 15 is 0 Å². The van der Waals surface area contributed by atoms with Gasteiger partial charge in [-0.1, -0.05) is 12.1 Å². The highest BCUT2D eigenvalue weighted by molar-refractivity contribution is 5.74. The second kappa shape index (κ2) is 8.77. The van der Waals surface area contributed by atoms with Crippen LogP contribution in [0.25, 0.3) is 16.7 Å². The zero-order valence-corrected chi connectivity index (χ0v) is 16.3. The van der Waals surface area contributed by atoms with Crippen molar-refractivity contribution in [3.05, 3.63) is 82.8 Å². The van der Waals surface area contributed by atoms with Crippen LogP contribution < -0.4 is 10.3 Å². The molecular weight excluding hydrogens is 401 g/mol. The fraction of sp³-hybridized carbons (Fsp3) is 0.182. The Balaban J connectivity index is 1.46. The normalized spacial score (nSPS) is 11.9. The SMILES string of the molecule is N#CCc1ccc(OC[C@@H](O)Cn2cnc3c(cnn3-c3ccc(F)cc3)c2=O)cc1. The Kier molecular flexibility index (Phi) is 5.73. The molecule has 0 bridgehead atoms. The Labute approximate surface area is 176 Å². The molecule has 1 atom stereocenters. The molecule has 0 radical (unpaired) electrons. The molecule has 4 rings (SSSR count). The van der Waals surface area contributed by atoms with Gasteiger partial charge in [0.15, 0.2) is 5.65 Å². The molecule has 1 N–H and O–H groups in total. The minimum absolute atomic E-state index is 0.00395. The third-order valence-corrected chi connectivity index (χ3v) is 4.68. The van der Waals surface area contributed by atoms with E-state index in [-0.39, 0.29) is 29.9 Å². The lowest BCUT2D eigenvalue weighted by Crippen LogP contribution is -2.30. The largest absolute Gasteiger partial charge is 0.491 e. The van der Waals surface area contributed by atoms with Crippen molar-refractivity contribution in [2.75, 3.05) is 6.61 Å². The summed E-state index contributed by atoms with van der Waals surface area (Å²) in [4.78, 5) is 17.1. The summed E-state index contributed by atoms with van der Waals surface area (Å²) in [5, 5.41) is 23.5. The summed E-state index contributed by atoms with van der Waals surface area (Å²) in [6, 6.07) is 14.8. The highest BCUT2D eigenvalue weighted by Crippen LogP contribution is 2.15. The molecule has 0 aliphatic heterocycles. The molecule has 0 aliphatic rings. The van der Waals surface area contributed by atoms with Crippen LogP contribution in [0.1, 0.15) is 5.56 Å². The lowest BCUT2D eigenvalue weighted by atomic mass is 10.2.